The lowest BCUT2D eigenvalue weighted by molar-refractivity contribution is -0.117. The summed E-state index contributed by atoms with van der Waals surface area (Å²) in [6.45, 7) is 0.216. The lowest BCUT2D eigenvalue weighted by Gasteiger charge is -2.05. The highest BCUT2D eigenvalue weighted by molar-refractivity contribution is 7.99. The molecule has 3 rings (SSSR count). The van der Waals surface area contributed by atoms with Crippen molar-refractivity contribution in [3.05, 3.63) is 48.6 Å². The summed E-state index contributed by atoms with van der Waals surface area (Å²) in [5, 5.41) is 13.4. The highest BCUT2D eigenvalue weighted by Crippen LogP contribution is 2.15. The van der Waals surface area contributed by atoms with E-state index < -0.39 is 11.9 Å². The van der Waals surface area contributed by atoms with Gasteiger partial charge in [-0.3, -0.25) is 14.5 Å². The van der Waals surface area contributed by atoms with Crippen LogP contribution in [0.25, 0.3) is 5.65 Å². The van der Waals surface area contributed by atoms with Crippen LogP contribution >= 0.6 is 11.8 Å². The third-order valence-corrected chi connectivity index (χ3v) is 3.81. The van der Waals surface area contributed by atoms with E-state index in [0.29, 0.717) is 16.6 Å². The van der Waals surface area contributed by atoms with Gasteiger partial charge in [-0.15, -0.1) is 10.2 Å². The first-order valence-corrected chi connectivity index (χ1v) is 7.73. The van der Waals surface area contributed by atoms with E-state index in [1.54, 1.807) is 16.5 Å². The number of furan rings is 1. The second-order valence-electron chi connectivity index (χ2n) is 4.51. The van der Waals surface area contributed by atoms with Crippen molar-refractivity contribution in [3.63, 3.8) is 0 Å². The van der Waals surface area contributed by atoms with Crippen molar-refractivity contribution in [1.29, 1.82) is 0 Å². The first-order chi connectivity index (χ1) is 11.2. The van der Waals surface area contributed by atoms with Crippen LogP contribution in [0.2, 0.25) is 0 Å². The van der Waals surface area contributed by atoms with E-state index in [1.807, 2.05) is 24.4 Å². The molecule has 3 amide bonds. The van der Waals surface area contributed by atoms with Gasteiger partial charge in [0.05, 0.1) is 18.6 Å². The molecule has 0 aromatic carbocycles. The van der Waals surface area contributed by atoms with E-state index >= 15 is 0 Å². The molecule has 3 aromatic rings. The van der Waals surface area contributed by atoms with Gasteiger partial charge in [0, 0.05) is 6.20 Å². The molecule has 0 atom stereocenters. The van der Waals surface area contributed by atoms with Crippen LogP contribution in [0.5, 0.6) is 0 Å². The molecule has 0 bridgehead atoms. The van der Waals surface area contributed by atoms with Crippen LogP contribution in [0.15, 0.2) is 52.4 Å². The molecule has 3 aromatic heterocycles. The zero-order chi connectivity index (χ0) is 16.1. The first-order valence-electron chi connectivity index (χ1n) is 6.75. The lowest BCUT2D eigenvalue weighted by Crippen LogP contribution is -2.39. The molecule has 0 aliphatic carbocycles. The number of thioether (sulfide) groups is 1. The van der Waals surface area contributed by atoms with Crippen molar-refractivity contribution < 1.29 is 14.0 Å². The van der Waals surface area contributed by atoms with Gasteiger partial charge in [0.2, 0.25) is 5.91 Å². The summed E-state index contributed by atoms with van der Waals surface area (Å²) < 4.78 is 6.85. The molecule has 8 nitrogen and oxygen atoms in total. The summed E-state index contributed by atoms with van der Waals surface area (Å²) in [5.41, 5.74) is 0.701. The third kappa shape index (κ3) is 3.89. The van der Waals surface area contributed by atoms with Gasteiger partial charge in [-0.1, -0.05) is 17.8 Å². The zero-order valence-electron chi connectivity index (χ0n) is 11.9. The van der Waals surface area contributed by atoms with E-state index in [2.05, 4.69) is 20.8 Å². The fraction of sp³-hybridized carbons (Fsp3) is 0.143. The van der Waals surface area contributed by atoms with Crippen LogP contribution in [-0.2, 0) is 11.3 Å². The van der Waals surface area contributed by atoms with E-state index in [1.165, 1.54) is 18.0 Å². The number of pyridine rings is 1. The fourth-order valence-electron chi connectivity index (χ4n) is 1.84. The maximum absolute atomic E-state index is 11.8. The molecule has 0 saturated carbocycles. The molecule has 0 fully saturated rings. The monoisotopic (exact) mass is 331 g/mol. The van der Waals surface area contributed by atoms with E-state index in [9.17, 15) is 9.59 Å². The van der Waals surface area contributed by atoms with Gasteiger partial charge < -0.3 is 9.73 Å². The summed E-state index contributed by atoms with van der Waals surface area (Å²) in [4.78, 5) is 23.4. The van der Waals surface area contributed by atoms with Gasteiger partial charge in [-0.05, 0) is 24.3 Å². The molecule has 3 heterocycles. The molecule has 0 saturated heterocycles. The number of carbonyl (C=O) groups excluding carboxylic acids is 2. The zero-order valence-corrected chi connectivity index (χ0v) is 12.7. The minimum absolute atomic E-state index is 0.0594. The van der Waals surface area contributed by atoms with Crippen LogP contribution in [0.1, 0.15) is 5.76 Å². The summed E-state index contributed by atoms with van der Waals surface area (Å²) in [6.07, 6.45) is 3.32. The fourth-order valence-corrected chi connectivity index (χ4v) is 2.56. The minimum Gasteiger partial charge on any atom is -0.467 e. The predicted molar refractivity (Wildman–Crippen MR) is 82.8 cm³/mol. The molecular weight excluding hydrogens is 318 g/mol. The molecule has 9 heteroatoms. The Morgan fingerprint density at radius 2 is 2.13 bits per heavy atom. The normalized spacial score (nSPS) is 10.6. The maximum atomic E-state index is 11.8. The summed E-state index contributed by atoms with van der Waals surface area (Å²) in [7, 11) is 0. The van der Waals surface area contributed by atoms with Crippen LogP contribution in [0.3, 0.4) is 0 Å². The Hall–Kier alpha value is -2.81. The van der Waals surface area contributed by atoms with Crippen molar-refractivity contribution in [2.75, 3.05) is 5.75 Å². The topological polar surface area (TPSA) is 102 Å². The molecule has 0 aliphatic rings. The average Bonchev–Trinajstić information content (AvgIpc) is 3.21. The van der Waals surface area contributed by atoms with Gasteiger partial charge in [0.1, 0.15) is 5.76 Å². The van der Waals surface area contributed by atoms with Gasteiger partial charge in [0.25, 0.3) is 0 Å². The van der Waals surface area contributed by atoms with Crippen LogP contribution in [0.4, 0.5) is 4.79 Å². The first kappa shape index (κ1) is 15.1. The Labute approximate surface area is 135 Å². The molecular formula is C14H13N5O3S. The Balaban J connectivity index is 1.46. The van der Waals surface area contributed by atoms with Gasteiger partial charge in [-0.25, -0.2) is 4.79 Å². The number of urea groups is 1. The quantitative estimate of drug-likeness (QED) is 0.686. The molecule has 2 N–H and O–H groups in total. The SMILES string of the molecule is O=C(CSc1nnc2ccccn12)NC(=O)NCc1ccco1. The Bertz CT molecular complexity index is 815. The second kappa shape index (κ2) is 6.97. The predicted octanol–water partition coefficient (Wildman–Crippen LogP) is 1.44. The molecule has 0 unspecified atom stereocenters. The average molecular weight is 331 g/mol. The van der Waals surface area contributed by atoms with Crippen LogP contribution in [-0.4, -0.2) is 32.3 Å². The molecule has 0 spiro atoms. The maximum Gasteiger partial charge on any atom is 0.321 e. The second-order valence-corrected chi connectivity index (χ2v) is 5.45. The highest BCUT2D eigenvalue weighted by atomic mass is 32.2. The van der Waals surface area contributed by atoms with Gasteiger partial charge >= 0.3 is 6.03 Å². The van der Waals surface area contributed by atoms with Crippen molar-refractivity contribution in [3.8, 4) is 0 Å². The number of nitrogens with zero attached hydrogens (tertiary/aromatic N) is 3. The van der Waals surface area contributed by atoms with Crippen LogP contribution in [0, 0.1) is 0 Å². The summed E-state index contributed by atoms with van der Waals surface area (Å²) in [6, 6.07) is 8.41. The Morgan fingerprint density at radius 3 is 2.96 bits per heavy atom. The van der Waals surface area contributed by atoms with Crippen molar-refractivity contribution in [2.45, 2.75) is 11.7 Å². The van der Waals surface area contributed by atoms with Crippen molar-refractivity contribution in [2.24, 2.45) is 0 Å². The third-order valence-electron chi connectivity index (χ3n) is 2.87. The number of rotatable bonds is 5. The standard InChI is InChI=1S/C14H13N5O3S/c20-12(16-13(21)15-8-10-4-3-7-22-10)9-23-14-18-17-11-5-1-2-6-19(11)14/h1-7H,8-9H2,(H2,15,16,20,21). The number of fused-ring (bicyclic) bond motifs is 1. The molecule has 0 radical (unpaired) electrons. The number of hydrogen-bond donors (Lipinski definition) is 2. The molecule has 118 valence electrons. The number of aromatic nitrogens is 3. The minimum atomic E-state index is -0.571. The Kier molecular flexibility index (Phi) is 4.57. The molecule has 0 aliphatic heterocycles. The largest absolute Gasteiger partial charge is 0.467 e. The number of carbonyl (C=O) groups is 2. The summed E-state index contributed by atoms with van der Waals surface area (Å²) >= 11 is 1.20. The van der Waals surface area contributed by atoms with E-state index in [-0.39, 0.29) is 12.3 Å². The van der Waals surface area contributed by atoms with Gasteiger partial charge in [-0.2, -0.15) is 0 Å². The number of amides is 3. The smallest absolute Gasteiger partial charge is 0.321 e. The van der Waals surface area contributed by atoms with Crippen molar-refractivity contribution >= 4 is 29.3 Å². The van der Waals surface area contributed by atoms with E-state index in [0.717, 1.165) is 0 Å². The number of imide groups is 1. The van der Waals surface area contributed by atoms with E-state index in [4.69, 9.17) is 4.42 Å². The Morgan fingerprint density at radius 1 is 1.22 bits per heavy atom. The summed E-state index contributed by atoms with van der Waals surface area (Å²) in [5.74, 6) is 0.251. The van der Waals surface area contributed by atoms with Gasteiger partial charge in [0.15, 0.2) is 10.8 Å². The number of nitrogens with one attached hydrogen (secondary N) is 2. The molecule has 23 heavy (non-hydrogen) atoms. The highest BCUT2D eigenvalue weighted by Gasteiger charge is 2.11. The van der Waals surface area contributed by atoms with Crippen LogP contribution < -0.4 is 10.6 Å². The lowest BCUT2D eigenvalue weighted by atomic mass is 10.4. The number of hydrogen-bond acceptors (Lipinski definition) is 6. The van der Waals surface area contributed by atoms with Crippen molar-refractivity contribution in [1.82, 2.24) is 25.2 Å².